The summed E-state index contributed by atoms with van der Waals surface area (Å²) in [6.07, 6.45) is 3.74. The molecule has 19 heavy (non-hydrogen) atoms. The summed E-state index contributed by atoms with van der Waals surface area (Å²) in [5.41, 5.74) is 1.63. The van der Waals surface area contributed by atoms with Gasteiger partial charge in [0.2, 0.25) is 0 Å². The maximum Gasteiger partial charge on any atom is 0.373 e. The zero-order valence-electron chi connectivity index (χ0n) is 11.8. The Hall–Kier alpha value is -1.35. The van der Waals surface area contributed by atoms with E-state index >= 15 is 0 Å². The number of benzene rings is 1. The lowest BCUT2D eigenvalue weighted by molar-refractivity contribution is -0.242. The fraction of sp³-hybridized carbons (Fsp3) is 0.500. The van der Waals surface area contributed by atoms with Gasteiger partial charge in [0.05, 0.1) is 5.56 Å². The minimum Gasteiger partial charge on any atom is -0.292 e. The lowest BCUT2D eigenvalue weighted by atomic mass is 9.80. The molecule has 1 aromatic carbocycles. The molecular weight excluding hydrogens is 240 g/mol. The average molecular weight is 261 g/mol. The summed E-state index contributed by atoms with van der Waals surface area (Å²) < 4.78 is 0. The lowest BCUT2D eigenvalue weighted by Crippen LogP contribution is -2.22. The van der Waals surface area contributed by atoms with Crippen LogP contribution in [0, 0.1) is 24.9 Å². The van der Waals surface area contributed by atoms with Crippen LogP contribution >= 0.6 is 0 Å². The van der Waals surface area contributed by atoms with Crippen molar-refractivity contribution in [3.8, 4) is 0 Å². The molecule has 1 saturated carbocycles. The van der Waals surface area contributed by atoms with E-state index in [-0.39, 0.29) is 0 Å². The summed E-state index contributed by atoms with van der Waals surface area (Å²) in [5.74, 6) is 0.862. The molecule has 0 saturated heterocycles. The standard InChI is InChI=1S/C16H21O3/c1-11-4-7-14(8-5-11)16(17)19-18-15-9-6-12(2)13(3)10-15/h4-5,7-8,12-13H,6,9-10H2,1-3H3. The third kappa shape index (κ3) is 3.80. The second kappa shape index (κ2) is 6.20. The fourth-order valence-electron chi connectivity index (χ4n) is 2.25. The summed E-state index contributed by atoms with van der Waals surface area (Å²) >= 11 is 0. The smallest absolute Gasteiger partial charge is 0.292 e. The second-order valence-electron chi connectivity index (χ2n) is 5.56. The monoisotopic (exact) mass is 261 g/mol. The molecule has 1 radical (unpaired) electrons. The minimum atomic E-state index is -0.432. The molecule has 1 aromatic rings. The lowest BCUT2D eigenvalue weighted by Gasteiger charge is -2.29. The van der Waals surface area contributed by atoms with Crippen LogP contribution < -0.4 is 0 Å². The molecular formula is C16H21O3. The van der Waals surface area contributed by atoms with Gasteiger partial charge in [0.25, 0.3) is 0 Å². The van der Waals surface area contributed by atoms with Crippen LogP contribution in [0.5, 0.6) is 0 Å². The van der Waals surface area contributed by atoms with Gasteiger partial charge in [-0.1, -0.05) is 31.5 Å². The van der Waals surface area contributed by atoms with Crippen LogP contribution in [0.3, 0.4) is 0 Å². The van der Waals surface area contributed by atoms with Gasteiger partial charge < -0.3 is 0 Å². The van der Waals surface area contributed by atoms with E-state index in [1.54, 1.807) is 12.1 Å². The van der Waals surface area contributed by atoms with E-state index in [4.69, 9.17) is 9.78 Å². The van der Waals surface area contributed by atoms with Crippen LogP contribution in [-0.4, -0.2) is 5.97 Å². The molecule has 2 atom stereocenters. The van der Waals surface area contributed by atoms with Crippen LogP contribution in [0.25, 0.3) is 0 Å². The first-order valence-electron chi connectivity index (χ1n) is 6.86. The van der Waals surface area contributed by atoms with Crippen molar-refractivity contribution in [3.63, 3.8) is 0 Å². The van der Waals surface area contributed by atoms with Gasteiger partial charge in [-0.2, -0.15) is 4.89 Å². The highest BCUT2D eigenvalue weighted by molar-refractivity contribution is 5.88. The van der Waals surface area contributed by atoms with E-state index in [0.717, 1.165) is 30.9 Å². The topological polar surface area (TPSA) is 35.5 Å². The molecule has 1 fully saturated rings. The quantitative estimate of drug-likeness (QED) is 0.607. The van der Waals surface area contributed by atoms with E-state index in [2.05, 4.69) is 13.8 Å². The normalized spacial score (nSPS) is 24.2. The SMILES string of the molecule is Cc1ccc(C(=O)OO[C]2CCC(C)C(C)C2)cc1. The number of carbonyl (C=O) groups is 1. The largest absolute Gasteiger partial charge is 0.373 e. The van der Waals surface area contributed by atoms with Crippen molar-refractivity contribution < 1.29 is 14.6 Å². The van der Waals surface area contributed by atoms with E-state index < -0.39 is 5.97 Å². The number of aryl methyl sites for hydroxylation is 1. The Morgan fingerprint density at radius 1 is 1.16 bits per heavy atom. The highest BCUT2D eigenvalue weighted by Crippen LogP contribution is 2.35. The zero-order chi connectivity index (χ0) is 13.8. The van der Waals surface area contributed by atoms with Crippen molar-refractivity contribution in [1.82, 2.24) is 0 Å². The van der Waals surface area contributed by atoms with Gasteiger partial charge >= 0.3 is 5.97 Å². The van der Waals surface area contributed by atoms with Gasteiger partial charge in [-0.15, -0.1) is 0 Å². The van der Waals surface area contributed by atoms with E-state index in [1.807, 2.05) is 19.1 Å². The molecule has 2 unspecified atom stereocenters. The predicted octanol–water partition coefficient (Wildman–Crippen LogP) is 4.07. The molecule has 3 nitrogen and oxygen atoms in total. The van der Waals surface area contributed by atoms with Crippen LogP contribution in [0.1, 0.15) is 49.0 Å². The molecule has 0 N–H and O–H groups in total. The number of hydrogen-bond donors (Lipinski definition) is 0. The Bertz CT molecular complexity index is 424. The summed E-state index contributed by atoms with van der Waals surface area (Å²) in [7, 11) is 0. The third-order valence-electron chi connectivity index (χ3n) is 3.92. The summed E-state index contributed by atoms with van der Waals surface area (Å²) in [4.78, 5) is 21.9. The Balaban J connectivity index is 1.82. The van der Waals surface area contributed by atoms with Crippen molar-refractivity contribution in [2.24, 2.45) is 11.8 Å². The number of rotatable bonds is 3. The van der Waals surface area contributed by atoms with Crippen molar-refractivity contribution >= 4 is 5.97 Å². The molecule has 3 heteroatoms. The van der Waals surface area contributed by atoms with Crippen LogP contribution in [0.2, 0.25) is 0 Å². The van der Waals surface area contributed by atoms with Gasteiger partial charge in [0, 0.05) is 0 Å². The highest BCUT2D eigenvalue weighted by Gasteiger charge is 2.27. The summed E-state index contributed by atoms with van der Waals surface area (Å²) in [6.45, 7) is 6.43. The van der Waals surface area contributed by atoms with Gasteiger partial charge in [0.15, 0.2) is 0 Å². The predicted molar refractivity (Wildman–Crippen MR) is 73.1 cm³/mol. The Morgan fingerprint density at radius 3 is 2.47 bits per heavy atom. The Kier molecular flexibility index (Phi) is 4.59. The van der Waals surface area contributed by atoms with Crippen LogP contribution in [-0.2, 0) is 9.78 Å². The van der Waals surface area contributed by atoms with Crippen molar-refractivity contribution in [2.75, 3.05) is 0 Å². The number of hydrogen-bond acceptors (Lipinski definition) is 3. The van der Waals surface area contributed by atoms with Crippen LogP contribution in [0.15, 0.2) is 24.3 Å². The first kappa shape index (κ1) is 14.1. The first-order chi connectivity index (χ1) is 9.06. The van der Waals surface area contributed by atoms with Gasteiger partial charge in [0.1, 0.15) is 6.10 Å². The second-order valence-corrected chi connectivity index (χ2v) is 5.56. The molecule has 1 aliphatic carbocycles. The molecule has 103 valence electrons. The maximum absolute atomic E-state index is 11.8. The van der Waals surface area contributed by atoms with E-state index in [0.29, 0.717) is 17.4 Å². The Morgan fingerprint density at radius 2 is 1.84 bits per heavy atom. The molecule has 0 amide bonds. The molecule has 1 aliphatic rings. The van der Waals surface area contributed by atoms with Gasteiger partial charge in [-0.05, 0) is 50.2 Å². The molecule has 2 rings (SSSR count). The van der Waals surface area contributed by atoms with Crippen LogP contribution in [0.4, 0.5) is 0 Å². The molecule has 0 aliphatic heterocycles. The van der Waals surface area contributed by atoms with Crippen molar-refractivity contribution in [1.29, 1.82) is 0 Å². The fourth-order valence-corrected chi connectivity index (χ4v) is 2.25. The first-order valence-corrected chi connectivity index (χ1v) is 6.86. The van der Waals surface area contributed by atoms with Crippen molar-refractivity contribution in [3.05, 3.63) is 41.5 Å². The van der Waals surface area contributed by atoms with Crippen molar-refractivity contribution in [2.45, 2.75) is 40.0 Å². The molecule has 0 heterocycles. The summed E-state index contributed by atoms with van der Waals surface area (Å²) in [5, 5.41) is 0. The molecule has 0 bridgehead atoms. The maximum atomic E-state index is 11.8. The molecule has 0 aromatic heterocycles. The number of carbonyl (C=O) groups excluding carboxylic acids is 1. The van der Waals surface area contributed by atoms with E-state index in [1.165, 1.54) is 0 Å². The Labute approximate surface area is 114 Å². The average Bonchev–Trinajstić information content (AvgIpc) is 2.40. The van der Waals surface area contributed by atoms with E-state index in [9.17, 15) is 4.79 Å². The third-order valence-corrected chi connectivity index (χ3v) is 3.92. The summed E-state index contributed by atoms with van der Waals surface area (Å²) in [6, 6.07) is 7.26. The molecule has 0 spiro atoms. The highest BCUT2D eigenvalue weighted by atomic mass is 17.2. The minimum absolute atomic E-state index is 0.432. The zero-order valence-corrected chi connectivity index (χ0v) is 11.8. The van der Waals surface area contributed by atoms with Gasteiger partial charge in [-0.25, -0.2) is 4.79 Å². The van der Waals surface area contributed by atoms with Gasteiger partial charge in [-0.3, -0.25) is 4.89 Å².